The number of aliphatic hydroxyl groups is 1. The van der Waals surface area contributed by atoms with Crippen molar-refractivity contribution in [2.75, 3.05) is 58.0 Å². The van der Waals surface area contributed by atoms with Crippen LogP contribution in [0.2, 0.25) is 0 Å². The van der Waals surface area contributed by atoms with Gasteiger partial charge in [0.25, 0.3) is 0 Å². The predicted molar refractivity (Wildman–Crippen MR) is 141 cm³/mol. The lowest BCUT2D eigenvalue weighted by atomic mass is 10.1. The van der Waals surface area contributed by atoms with Crippen molar-refractivity contribution in [3.8, 4) is 0 Å². The highest BCUT2D eigenvalue weighted by atomic mass is 16.5. The summed E-state index contributed by atoms with van der Waals surface area (Å²) in [7, 11) is 0. The molecule has 1 atom stereocenters. The van der Waals surface area contributed by atoms with Crippen molar-refractivity contribution >= 4 is 35.0 Å². The number of benzene rings is 1. The zero-order valence-corrected chi connectivity index (χ0v) is 20.9. The Balaban J connectivity index is 1.68. The highest BCUT2D eigenvalue weighted by molar-refractivity contribution is 5.95. The van der Waals surface area contributed by atoms with Crippen molar-refractivity contribution in [2.45, 2.75) is 26.3 Å². The molecule has 1 unspecified atom stereocenters. The second-order valence-electron chi connectivity index (χ2n) is 8.74. The lowest BCUT2D eigenvalue weighted by Crippen LogP contribution is -2.39. The summed E-state index contributed by atoms with van der Waals surface area (Å²) in [6.07, 6.45) is 4.48. The summed E-state index contributed by atoms with van der Waals surface area (Å²) in [6.45, 7) is 7.92. The number of aromatic nitrogens is 1. The smallest absolute Gasteiger partial charge is 0.248 e. The number of nitrogens with zero attached hydrogens (tertiary/aromatic N) is 3. The SMILES string of the molecule is CCN(C/N=C\C(=C/CC(=O)Nc1ccc2[nH]c(=O)cc(C)c2c1)CN1CCOCC1)C(C=O)CO. The number of hydrogen-bond acceptors (Lipinski definition) is 8. The van der Waals surface area contributed by atoms with Gasteiger partial charge in [0, 0.05) is 54.9 Å². The second kappa shape index (κ2) is 13.8. The molecule has 0 spiro atoms. The Labute approximate surface area is 210 Å². The van der Waals surface area contributed by atoms with E-state index in [2.05, 4.69) is 20.2 Å². The lowest BCUT2D eigenvalue weighted by Gasteiger charge is -2.27. The number of aldehydes is 1. The van der Waals surface area contributed by atoms with Crippen LogP contribution < -0.4 is 10.9 Å². The summed E-state index contributed by atoms with van der Waals surface area (Å²) in [6, 6.07) is 6.34. The third-order valence-electron chi connectivity index (χ3n) is 6.13. The van der Waals surface area contributed by atoms with Gasteiger partial charge in [-0.1, -0.05) is 13.0 Å². The van der Waals surface area contributed by atoms with Crippen LogP contribution >= 0.6 is 0 Å². The molecule has 1 aromatic carbocycles. The highest BCUT2D eigenvalue weighted by Crippen LogP contribution is 2.19. The first-order valence-corrected chi connectivity index (χ1v) is 12.2. The number of pyridine rings is 1. The van der Waals surface area contributed by atoms with E-state index in [4.69, 9.17) is 4.74 Å². The number of H-pyrrole nitrogens is 1. The monoisotopic (exact) mass is 497 g/mol. The maximum absolute atomic E-state index is 12.7. The summed E-state index contributed by atoms with van der Waals surface area (Å²) in [5, 5.41) is 13.2. The Morgan fingerprint density at radius 3 is 2.81 bits per heavy atom. The van der Waals surface area contributed by atoms with Gasteiger partial charge in [-0.15, -0.1) is 0 Å². The van der Waals surface area contributed by atoms with Gasteiger partial charge in [0.05, 0.1) is 32.5 Å². The van der Waals surface area contributed by atoms with Gasteiger partial charge in [-0.05, 0) is 42.8 Å². The van der Waals surface area contributed by atoms with Crippen LogP contribution in [0.5, 0.6) is 0 Å². The maximum atomic E-state index is 12.7. The molecule has 1 aliphatic rings. The number of rotatable bonds is 12. The van der Waals surface area contributed by atoms with Gasteiger partial charge in [0.1, 0.15) is 6.29 Å². The molecule has 1 aromatic heterocycles. The van der Waals surface area contributed by atoms with Crippen LogP contribution in [-0.2, 0) is 14.3 Å². The number of aliphatic hydroxyl groups excluding tert-OH is 1. The first kappa shape index (κ1) is 27.4. The average molecular weight is 498 g/mol. The fraction of sp³-hybridized carbons (Fsp3) is 0.462. The molecule has 1 amide bonds. The quantitative estimate of drug-likeness (QED) is 0.298. The van der Waals surface area contributed by atoms with E-state index in [0.29, 0.717) is 32.0 Å². The molecule has 0 aliphatic carbocycles. The van der Waals surface area contributed by atoms with E-state index in [1.165, 1.54) is 6.07 Å². The number of carbonyl (C=O) groups excluding carboxylic acids is 2. The summed E-state index contributed by atoms with van der Waals surface area (Å²) in [4.78, 5) is 46.9. The van der Waals surface area contributed by atoms with Crippen molar-refractivity contribution in [2.24, 2.45) is 4.99 Å². The van der Waals surface area contributed by atoms with E-state index >= 15 is 0 Å². The van der Waals surface area contributed by atoms with E-state index in [0.717, 1.165) is 41.4 Å². The minimum absolute atomic E-state index is 0.156. The topological polar surface area (TPSA) is 127 Å². The molecule has 3 rings (SSSR count). The number of fused-ring (bicyclic) bond motifs is 1. The molecule has 1 aliphatic heterocycles. The first-order valence-electron chi connectivity index (χ1n) is 12.2. The number of aromatic amines is 1. The Kier molecular flexibility index (Phi) is 10.5. The third-order valence-corrected chi connectivity index (χ3v) is 6.13. The summed E-state index contributed by atoms with van der Waals surface area (Å²) in [5.41, 5.74) is 2.95. The Hall–Kier alpha value is -3.18. The Morgan fingerprint density at radius 2 is 2.11 bits per heavy atom. The van der Waals surface area contributed by atoms with Crippen molar-refractivity contribution < 1.29 is 19.4 Å². The number of amides is 1. The van der Waals surface area contributed by atoms with Gasteiger partial charge in [0.15, 0.2) is 0 Å². The van der Waals surface area contributed by atoms with E-state index in [-0.39, 0.29) is 31.2 Å². The Bertz CT molecular complexity index is 1150. The standard InChI is InChI=1S/C26H35N5O5/c1-3-31(22(16-32)17-33)18-27-14-20(15-30-8-10-36-11-9-30)4-7-25(34)28-21-5-6-24-23(13-21)19(2)12-26(35)29-24/h4-6,12-14,16,22,33H,3,7-11,15,17-18H2,1-2H3,(H,28,34)(H,29,35)/b20-4+,27-14-. The molecule has 2 heterocycles. The number of morpholine rings is 1. The number of aliphatic imine (C=N–C) groups is 1. The van der Waals surface area contributed by atoms with Crippen molar-refractivity contribution in [3.63, 3.8) is 0 Å². The molecule has 0 saturated carbocycles. The molecule has 10 heteroatoms. The number of likely N-dealkylation sites (N-methyl/N-ethyl adjacent to an activating group) is 1. The first-order chi connectivity index (χ1) is 17.4. The van der Waals surface area contributed by atoms with Crippen molar-refractivity contribution in [1.82, 2.24) is 14.8 Å². The minimum atomic E-state index is -0.590. The van der Waals surface area contributed by atoms with Gasteiger partial charge < -0.3 is 24.9 Å². The summed E-state index contributed by atoms with van der Waals surface area (Å²) < 4.78 is 5.43. The van der Waals surface area contributed by atoms with Crippen LogP contribution in [0, 0.1) is 6.92 Å². The third kappa shape index (κ3) is 7.92. The number of ether oxygens (including phenoxy) is 1. The number of carbonyl (C=O) groups is 2. The van der Waals surface area contributed by atoms with Crippen LogP contribution in [0.1, 0.15) is 18.9 Å². The molecule has 0 radical (unpaired) electrons. The molecule has 1 fully saturated rings. The van der Waals surface area contributed by atoms with Gasteiger partial charge >= 0.3 is 0 Å². The molecule has 2 aromatic rings. The van der Waals surface area contributed by atoms with Gasteiger partial charge in [-0.25, -0.2) is 0 Å². The van der Waals surface area contributed by atoms with Gasteiger partial charge in [0.2, 0.25) is 11.5 Å². The van der Waals surface area contributed by atoms with E-state index in [1.807, 2.05) is 26.0 Å². The maximum Gasteiger partial charge on any atom is 0.248 e. The number of nitrogens with one attached hydrogen (secondary N) is 2. The summed E-state index contributed by atoms with van der Waals surface area (Å²) in [5.74, 6) is -0.166. The van der Waals surface area contributed by atoms with Crippen LogP contribution in [-0.4, -0.2) is 97.0 Å². The fourth-order valence-electron chi connectivity index (χ4n) is 4.06. The van der Waals surface area contributed by atoms with Crippen LogP contribution in [0.15, 0.2) is 45.7 Å². The zero-order valence-electron chi connectivity index (χ0n) is 20.9. The van der Waals surface area contributed by atoms with Crippen molar-refractivity contribution in [1.29, 1.82) is 0 Å². The number of aryl methyl sites for hydroxylation is 1. The summed E-state index contributed by atoms with van der Waals surface area (Å²) >= 11 is 0. The zero-order chi connectivity index (χ0) is 25.9. The lowest BCUT2D eigenvalue weighted by molar-refractivity contribution is -0.115. The van der Waals surface area contributed by atoms with E-state index < -0.39 is 6.04 Å². The Morgan fingerprint density at radius 1 is 1.33 bits per heavy atom. The van der Waals surface area contributed by atoms with E-state index in [9.17, 15) is 19.5 Å². The highest BCUT2D eigenvalue weighted by Gasteiger charge is 2.15. The molecular weight excluding hydrogens is 462 g/mol. The molecular formula is C26H35N5O5. The van der Waals surface area contributed by atoms with Crippen LogP contribution in [0.3, 0.4) is 0 Å². The van der Waals surface area contributed by atoms with Crippen LogP contribution in [0.4, 0.5) is 5.69 Å². The number of hydrogen-bond donors (Lipinski definition) is 3. The largest absolute Gasteiger partial charge is 0.394 e. The minimum Gasteiger partial charge on any atom is -0.394 e. The fourth-order valence-corrected chi connectivity index (χ4v) is 4.06. The van der Waals surface area contributed by atoms with Gasteiger partial charge in [-0.3, -0.25) is 24.4 Å². The molecule has 10 nitrogen and oxygen atoms in total. The molecule has 0 bridgehead atoms. The molecule has 36 heavy (non-hydrogen) atoms. The van der Waals surface area contributed by atoms with E-state index in [1.54, 1.807) is 23.2 Å². The second-order valence-corrected chi connectivity index (χ2v) is 8.74. The van der Waals surface area contributed by atoms with Crippen LogP contribution in [0.25, 0.3) is 10.9 Å². The number of anilines is 1. The predicted octanol–water partition coefficient (Wildman–Crippen LogP) is 1.33. The molecule has 194 valence electrons. The molecule has 3 N–H and O–H groups in total. The van der Waals surface area contributed by atoms with Crippen molar-refractivity contribution in [3.05, 3.63) is 51.8 Å². The average Bonchev–Trinajstić information content (AvgIpc) is 2.87. The normalized spacial score (nSPS) is 16.1. The van der Waals surface area contributed by atoms with Gasteiger partial charge in [-0.2, -0.15) is 0 Å². The molecule has 1 saturated heterocycles.